The van der Waals surface area contributed by atoms with Gasteiger partial charge in [-0.3, -0.25) is 4.79 Å². The quantitative estimate of drug-likeness (QED) is 0.907. The maximum atomic E-state index is 13.0. The van der Waals surface area contributed by atoms with E-state index in [1.807, 2.05) is 33.0 Å². The fraction of sp³-hybridized carbons (Fsp3) is 0.474. The summed E-state index contributed by atoms with van der Waals surface area (Å²) in [5, 5.41) is 4.26. The Balaban J connectivity index is 2.39. The second kappa shape index (κ2) is 7.07. The summed E-state index contributed by atoms with van der Waals surface area (Å²) in [6, 6.07) is 8.30. The first-order chi connectivity index (χ1) is 11.3. The minimum absolute atomic E-state index is 0.0134. The number of rotatable bonds is 5. The Hall–Kier alpha value is -2.30. The Labute approximate surface area is 144 Å². The number of aryl methyl sites for hydroxylation is 1. The molecule has 0 saturated carbocycles. The summed E-state index contributed by atoms with van der Waals surface area (Å²) in [5.74, 6) is 0.608. The van der Waals surface area contributed by atoms with Crippen LogP contribution in [0.5, 0.6) is 0 Å². The van der Waals surface area contributed by atoms with E-state index in [1.54, 1.807) is 15.8 Å². The molecule has 5 heteroatoms. The standard InChI is InChI=1S/C19H28N4O/c1-12(2)17(15-10-8-7-9-14(15)5)22(6)19(24)16-11-21-23(13(3)4)18(16)20/h7-13,17H,20H2,1-6H3/t17-/m0/s1. The van der Waals surface area contributed by atoms with Gasteiger partial charge < -0.3 is 10.6 Å². The van der Waals surface area contributed by atoms with Crippen molar-refractivity contribution in [2.75, 3.05) is 12.8 Å². The smallest absolute Gasteiger partial charge is 0.259 e. The highest BCUT2D eigenvalue weighted by molar-refractivity contribution is 5.98. The predicted molar refractivity (Wildman–Crippen MR) is 97.9 cm³/mol. The predicted octanol–water partition coefficient (Wildman–Crippen LogP) is 3.82. The largest absolute Gasteiger partial charge is 0.383 e. The lowest BCUT2D eigenvalue weighted by atomic mass is 9.91. The third-order valence-corrected chi connectivity index (χ3v) is 4.43. The lowest BCUT2D eigenvalue weighted by Crippen LogP contribution is -2.34. The normalized spacial score (nSPS) is 12.7. The molecule has 1 aromatic carbocycles. The van der Waals surface area contributed by atoms with Gasteiger partial charge in [-0.25, -0.2) is 4.68 Å². The van der Waals surface area contributed by atoms with Crippen LogP contribution in [0, 0.1) is 12.8 Å². The minimum atomic E-state index is -0.0960. The van der Waals surface area contributed by atoms with Gasteiger partial charge in [0.05, 0.1) is 12.2 Å². The number of hydrogen-bond acceptors (Lipinski definition) is 3. The molecule has 0 aliphatic heterocycles. The first-order valence-corrected chi connectivity index (χ1v) is 8.41. The number of carbonyl (C=O) groups is 1. The van der Waals surface area contributed by atoms with Gasteiger partial charge in [0.2, 0.25) is 0 Å². The Kier molecular flexibility index (Phi) is 5.32. The first kappa shape index (κ1) is 18.0. The number of aromatic nitrogens is 2. The number of benzene rings is 1. The van der Waals surface area contributed by atoms with Crippen LogP contribution in [0.2, 0.25) is 0 Å². The van der Waals surface area contributed by atoms with E-state index in [9.17, 15) is 4.79 Å². The highest BCUT2D eigenvalue weighted by atomic mass is 16.2. The molecule has 0 bridgehead atoms. The molecule has 2 rings (SSSR count). The zero-order valence-electron chi connectivity index (χ0n) is 15.4. The summed E-state index contributed by atoms with van der Waals surface area (Å²) in [5.41, 5.74) is 8.95. The zero-order chi connectivity index (χ0) is 18.0. The van der Waals surface area contributed by atoms with Crippen LogP contribution in [-0.2, 0) is 0 Å². The van der Waals surface area contributed by atoms with Crippen LogP contribution >= 0.6 is 0 Å². The lowest BCUT2D eigenvalue weighted by Gasteiger charge is -2.32. The molecule has 0 aliphatic carbocycles. The van der Waals surface area contributed by atoms with Crippen molar-refractivity contribution in [1.82, 2.24) is 14.7 Å². The van der Waals surface area contributed by atoms with Crippen LogP contribution in [-0.4, -0.2) is 27.6 Å². The lowest BCUT2D eigenvalue weighted by molar-refractivity contribution is 0.0687. The van der Waals surface area contributed by atoms with E-state index in [2.05, 4.69) is 38.0 Å². The minimum Gasteiger partial charge on any atom is -0.383 e. The van der Waals surface area contributed by atoms with E-state index in [4.69, 9.17) is 5.73 Å². The van der Waals surface area contributed by atoms with Gasteiger partial charge in [-0.2, -0.15) is 5.10 Å². The summed E-state index contributed by atoms with van der Waals surface area (Å²) in [4.78, 5) is 14.8. The fourth-order valence-electron chi connectivity index (χ4n) is 3.20. The van der Waals surface area contributed by atoms with Crippen molar-refractivity contribution >= 4 is 11.7 Å². The molecule has 2 aromatic rings. The molecule has 1 heterocycles. The van der Waals surface area contributed by atoms with Gasteiger partial charge in [-0.05, 0) is 37.8 Å². The van der Waals surface area contributed by atoms with Crippen molar-refractivity contribution in [3.8, 4) is 0 Å². The summed E-state index contributed by atoms with van der Waals surface area (Å²) in [6.07, 6.45) is 1.57. The number of hydrogen-bond donors (Lipinski definition) is 1. The van der Waals surface area contributed by atoms with Crippen LogP contribution < -0.4 is 5.73 Å². The second-order valence-corrected chi connectivity index (χ2v) is 6.94. The van der Waals surface area contributed by atoms with Crippen LogP contribution in [0.1, 0.15) is 61.3 Å². The molecule has 0 radical (unpaired) electrons. The molecule has 0 unspecified atom stereocenters. The molecule has 24 heavy (non-hydrogen) atoms. The van der Waals surface area contributed by atoms with E-state index < -0.39 is 0 Å². The third-order valence-electron chi connectivity index (χ3n) is 4.43. The van der Waals surface area contributed by atoms with E-state index in [1.165, 1.54) is 5.56 Å². The maximum Gasteiger partial charge on any atom is 0.259 e. The molecular formula is C19H28N4O. The Morgan fingerprint density at radius 2 is 1.83 bits per heavy atom. The molecule has 0 spiro atoms. The number of nitrogens with two attached hydrogens (primary N) is 1. The number of anilines is 1. The molecule has 130 valence electrons. The van der Waals surface area contributed by atoms with Gasteiger partial charge in [0.1, 0.15) is 11.4 Å². The van der Waals surface area contributed by atoms with Crippen molar-refractivity contribution in [2.45, 2.75) is 46.7 Å². The van der Waals surface area contributed by atoms with Gasteiger partial charge in [0, 0.05) is 13.1 Å². The third kappa shape index (κ3) is 3.30. The van der Waals surface area contributed by atoms with Gasteiger partial charge in [0.25, 0.3) is 5.91 Å². The van der Waals surface area contributed by atoms with Crippen molar-refractivity contribution in [1.29, 1.82) is 0 Å². The second-order valence-electron chi connectivity index (χ2n) is 6.94. The van der Waals surface area contributed by atoms with Crippen molar-refractivity contribution in [3.05, 3.63) is 47.2 Å². The number of nitrogen functional groups attached to an aromatic ring is 1. The molecule has 0 aliphatic rings. The van der Waals surface area contributed by atoms with Gasteiger partial charge in [0.15, 0.2) is 0 Å². The number of nitrogens with zero attached hydrogens (tertiary/aromatic N) is 3. The summed E-state index contributed by atoms with van der Waals surface area (Å²) in [7, 11) is 1.84. The highest BCUT2D eigenvalue weighted by Crippen LogP contribution is 2.31. The summed E-state index contributed by atoms with van der Waals surface area (Å²) >= 11 is 0. The van der Waals surface area contributed by atoms with Gasteiger partial charge >= 0.3 is 0 Å². The number of amides is 1. The van der Waals surface area contributed by atoms with Crippen LogP contribution in [0.3, 0.4) is 0 Å². The monoisotopic (exact) mass is 328 g/mol. The van der Waals surface area contributed by atoms with Crippen LogP contribution in [0.15, 0.2) is 30.5 Å². The molecular weight excluding hydrogens is 300 g/mol. The average Bonchev–Trinajstić information content (AvgIpc) is 2.90. The zero-order valence-corrected chi connectivity index (χ0v) is 15.4. The number of carbonyl (C=O) groups excluding carboxylic acids is 1. The van der Waals surface area contributed by atoms with Crippen molar-refractivity contribution in [2.24, 2.45) is 5.92 Å². The molecule has 1 atom stereocenters. The molecule has 1 aromatic heterocycles. The molecule has 2 N–H and O–H groups in total. The van der Waals surface area contributed by atoms with Crippen molar-refractivity contribution < 1.29 is 4.79 Å². The maximum absolute atomic E-state index is 13.0. The van der Waals surface area contributed by atoms with E-state index in [0.29, 0.717) is 11.4 Å². The molecule has 5 nitrogen and oxygen atoms in total. The van der Waals surface area contributed by atoms with Crippen LogP contribution in [0.25, 0.3) is 0 Å². The molecule has 0 fully saturated rings. The summed E-state index contributed by atoms with van der Waals surface area (Å²) < 4.78 is 1.68. The van der Waals surface area contributed by atoms with Gasteiger partial charge in [-0.1, -0.05) is 38.1 Å². The fourth-order valence-corrected chi connectivity index (χ4v) is 3.20. The molecule has 1 amide bonds. The highest BCUT2D eigenvalue weighted by Gasteiger charge is 2.29. The van der Waals surface area contributed by atoms with Gasteiger partial charge in [-0.15, -0.1) is 0 Å². The Morgan fingerprint density at radius 3 is 2.33 bits per heavy atom. The van der Waals surface area contributed by atoms with E-state index in [0.717, 1.165) is 5.56 Å². The topological polar surface area (TPSA) is 64.2 Å². The van der Waals surface area contributed by atoms with Crippen molar-refractivity contribution in [3.63, 3.8) is 0 Å². The van der Waals surface area contributed by atoms with Crippen LogP contribution in [0.4, 0.5) is 5.82 Å². The Bertz CT molecular complexity index is 718. The summed E-state index contributed by atoms with van der Waals surface area (Å²) in [6.45, 7) is 10.3. The average molecular weight is 328 g/mol. The Morgan fingerprint density at radius 1 is 1.21 bits per heavy atom. The SMILES string of the molecule is Cc1ccccc1[C@H](C(C)C)N(C)C(=O)c1cnn(C(C)C)c1N. The van der Waals surface area contributed by atoms with E-state index in [-0.39, 0.29) is 23.9 Å². The van der Waals surface area contributed by atoms with E-state index >= 15 is 0 Å². The first-order valence-electron chi connectivity index (χ1n) is 8.41. The molecule has 0 saturated heterocycles.